The number of carbonyl (C=O) groups excluding carboxylic acids is 2. The average Bonchev–Trinajstić information content (AvgIpc) is 2.53. The van der Waals surface area contributed by atoms with E-state index in [0.717, 1.165) is 6.08 Å². The number of halogens is 2. The maximum Gasteiger partial charge on any atom is 0.322 e. The molecule has 1 aliphatic rings. The van der Waals surface area contributed by atoms with Gasteiger partial charge in [-0.2, -0.15) is 8.78 Å². The number of amides is 3. The van der Waals surface area contributed by atoms with Gasteiger partial charge in [0.05, 0.1) is 5.70 Å². The zero-order chi connectivity index (χ0) is 13.1. The highest BCUT2D eigenvalue weighted by molar-refractivity contribution is 6.09. The maximum atomic E-state index is 12.3. The molecule has 0 bridgehead atoms. The molecule has 1 atom stereocenters. The Morgan fingerprint density at radius 3 is 2.59 bits per heavy atom. The summed E-state index contributed by atoms with van der Waals surface area (Å²) in [7, 11) is 0. The van der Waals surface area contributed by atoms with Crippen molar-refractivity contribution < 1.29 is 18.4 Å². The van der Waals surface area contributed by atoms with Gasteiger partial charge in [0.2, 0.25) is 0 Å². The van der Waals surface area contributed by atoms with Crippen molar-refractivity contribution in [3.8, 4) is 0 Å². The molecule has 0 aromatic carbocycles. The Kier molecular flexibility index (Phi) is 3.73. The van der Waals surface area contributed by atoms with Crippen LogP contribution in [0.25, 0.3) is 0 Å². The minimum absolute atomic E-state index is 0.339. The van der Waals surface area contributed by atoms with Crippen LogP contribution in [0.4, 0.5) is 13.6 Å². The van der Waals surface area contributed by atoms with E-state index in [9.17, 15) is 18.4 Å². The summed E-state index contributed by atoms with van der Waals surface area (Å²) in [5.74, 6) is -0.841. The quantitative estimate of drug-likeness (QED) is 0.240. The van der Waals surface area contributed by atoms with E-state index < -0.39 is 30.6 Å². The number of imide groups is 1. The van der Waals surface area contributed by atoms with Crippen molar-refractivity contribution in [1.82, 2.24) is 16.0 Å². The molecular formula is C8H11F2N5O2. The van der Waals surface area contributed by atoms with Crippen LogP contribution in [0.1, 0.15) is 0 Å². The molecule has 0 radical (unpaired) electrons. The smallest absolute Gasteiger partial charge is 0.322 e. The lowest BCUT2D eigenvalue weighted by Crippen LogP contribution is -2.58. The van der Waals surface area contributed by atoms with Gasteiger partial charge in [0, 0.05) is 12.8 Å². The van der Waals surface area contributed by atoms with E-state index >= 15 is 0 Å². The maximum absolute atomic E-state index is 12.3. The first-order chi connectivity index (χ1) is 7.96. The Morgan fingerprint density at radius 2 is 2.24 bits per heavy atom. The summed E-state index contributed by atoms with van der Waals surface area (Å²) in [4.78, 5) is 22.6. The Morgan fingerprint density at radius 1 is 1.59 bits per heavy atom. The molecule has 1 saturated heterocycles. The SMILES string of the molecule is N=C/C=C(\NC(F)F)C1(CN)NC(=O)NC1=O. The van der Waals surface area contributed by atoms with Gasteiger partial charge in [0.1, 0.15) is 0 Å². The fourth-order valence-electron chi connectivity index (χ4n) is 1.45. The summed E-state index contributed by atoms with van der Waals surface area (Å²) in [6, 6.07) is -0.826. The van der Waals surface area contributed by atoms with Crippen molar-refractivity contribution in [2.24, 2.45) is 5.73 Å². The lowest BCUT2D eigenvalue weighted by Gasteiger charge is -2.27. The number of urea groups is 1. The molecule has 1 heterocycles. The number of carbonyl (C=O) groups is 2. The molecule has 0 aliphatic carbocycles. The van der Waals surface area contributed by atoms with Crippen molar-refractivity contribution in [1.29, 1.82) is 5.41 Å². The number of nitrogens with one attached hydrogen (secondary N) is 4. The van der Waals surface area contributed by atoms with E-state index in [0.29, 0.717) is 6.21 Å². The molecule has 0 aromatic heterocycles. The van der Waals surface area contributed by atoms with Gasteiger partial charge in [-0.3, -0.25) is 10.1 Å². The van der Waals surface area contributed by atoms with Gasteiger partial charge in [-0.25, -0.2) is 4.79 Å². The van der Waals surface area contributed by atoms with Gasteiger partial charge in [0.25, 0.3) is 5.91 Å². The number of nitrogens with two attached hydrogens (primary N) is 1. The fraction of sp³-hybridized carbons (Fsp3) is 0.375. The molecule has 1 unspecified atom stereocenters. The van der Waals surface area contributed by atoms with Gasteiger partial charge in [-0.15, -0.1) is 0 Å². The zero-order valence-electron chi connectivity index (χ0n) is 8.59. The third kappa shape index (κ3) is 2.38. The van der Waals surface area contributed by atoms with Crippen LogP contribution in [0.2, 0.25) is 0 Å². The van der Waals surface area contributed by atoms with E-state index in [1.165, 1.54) is 0 Å². The van der Waals surface area contributed by atoms with E-state index in [4.69, 9.17) is 11.1 Å². The van der Waals surface area contributed by atoms with Crippen LogP contribution in [-0.2, 0) is 4.79 Å². The highest BCUT2D eigenvalue weighted by Gasteiger charge is 2.48. The lowest BCUT2D eigenvalue weighted by molar-refractivity contribution is -0.122. The second-order valence-corrected chi connectivity index (χ2v) is 3.21. The highest BCUT2D eigenvalue weighted by atomic mass is 19.3. The fourth-order valence-corrected chi connectivity index (χ4v) is 1.45. The average molecular weight is 247 g/mol. The van der Waals surface area contributed by atoms with Crippen LogP contribution < -0.4 is 21.7 Å². The lowest BCUT2D eigenvalue weighted by atomic mass is 9.95. The Hall–Kier alpha value is -2.03. The van der Waals surface area contributed by atoms with Crippen LogP contribution in [0.5, 0.6) is 0 Å². The molecule has 0 spiro atoms. The number of allylic oxidation sites excluding steroid dienone is 1. The molecule has 94 valence electrons. The molecule has 0 aromatic rings. The second-order valence-electron chi connectivity index (χ2n) is 3.21. The largest absolute Gasteiger partial charge is 0.331 e. The van der Waals surface area contributed by atoms with Crippen LogP contribution in [0, 0.1) is 5.41 Å². The van der Waals surface area contributed by atoms with Crippen molar-refractivity contribution in [2.45, 2.75) is 12.1 Å². The van der Waals surface area contributed by atoms with Gasteiger partial charge >= 0.3 is 12.6 Å². The first-order valence-electron chi connectivity index (χ1n) is 4.56. The van der Waals surface area contributed by atoms with Crippen molar-refractivity contribution in [3.05, 3.63) is 11.8 Å². The third-order valence-electron chi connectivity index (χ3n) is 2.22. The first-order valence-corrected chi connectivity index (χ1v) is 4.56. The monoisotopic (exact) mass is 247 g/mol. The molecule has 1 fully saturated rings. The van der Waals surface area contributed by atoms with E-state index in [2.05, 4.69) is 5.32 Å². The second kappa shape index (κ2) is 4.87. The highest BCUT2D eigenvalue weighted by Crippen LogP contribution is 2.18. The van der Waals surface area contributed by atoms with Gasteiger partial charge in [-0.1, -0.05) is 0 Å². The Bertz CT molecular complexity index is 384. The van der Waals surface area contributed by atoms with Gasteiger partial charge in [0.15, 0.2) is 5.54 Å². The molecule has 3 amide bonds. The van der Waals surface area contributed by atoms with E-state index in [-0.39, 0.29) is 5.70 Å². The summed E-state index contributed by atoms with van der Waals surface area (Å²) in [6.07, 6.45) is 1.64. The van der Waals surface area contributed by atoms with E-state index in [1.807, 2.05) is 5.32 Å². The topological polar surface area (TPSA) is 120 Å². The number of hydrogen-bond donors (Lipinski definition) is 5. The van der Waals surface area contributed by atoms with Gasteiger partial charge < -0.3 is 21.8 Å². The molecule has 1 rings (SSSR count). The molecular weight excluding hydrogens is 236 g/mol. The van der Waals surface area contributed by atoms with Crippen LogP contribution >= 0.6 is 0 Å². The minimum Gasteiger partial charge on any atom is -0.331 e. The third-order valence-corrected chi connectivity index (χ3v) is 2.22. The van der Waals surface area contributed by atoms with E-state index in [1.54, 1.807) is 5.32 Å². The predicted molar refractivity (Wildman–Crippen MR) is 54.5 cm³/mol. The molecule has 6 N–H and O–H groups in total. The normalized spacial score (nSPS) is 24.6. The molecule has 1 aliphatic heterocycles. The summed E-state index contributed by atoms with van der Waals surface area (Å²) in [5.41, 5.74) is 3.23. The first kappa shape index (κ1) is 13.0. The molecule has 7 nitrogen and oxygen atoms in total. The molecule has 17 heavy (non-hydrogen) atoms. The summed E-state index contributed by atoms with van der Waals surface area (Å²) >= 11 is 0. The van der Waals surface area contributed by atoms with Crippen LogP contribution in [-0.4, -0.2) is 36.8 Å². The summed E-state index contributed by atoms with van der Waals surface area (Å²) in [6.45, 7) is -3.36. The van der Waals surface area contributed by atoms with Crippen molar-refractivity contribution in [2.75, 3.05) is 6.54 Å². The number of hydrogen-bond acceptors (Lipinski definition) is 5. The Balaban J connectivity index is 3.13. The van der Waals surface area contributed by atoms with Crippen LogP contribution in [0.3, 0.4) is 0 Å². The minimum atomic E-state index is -2.95. The number of rotatable bonds is 5. The molecule has 0 saturated carbocycles. The van der Waals surface area contributed by atoms with Crippen LogP contribution in [0.15, 0.2) is 11.8 Å². The van der Waals surface area contributed by atoms with Crippen molar-refractivity contribution in [3.63, 3.8) is 0 Å². The van der Waals surface area contributed by atoms with Crippen molar-refractivity contribution >= 4 is 18.2 Å². The van der Waals surface area contributed by atoms with Gasteiger partial charge in [-0.05, 0) is 6.08 Å². The summed E-state index contributed by atoms with van der Waals surface area (Å²) < 4.78 is 24.6. The standard InChI is InChI=1S/C8H11F2N5O2/c9-6(10)13-4(1-2-11)8(3-12)5(16)14-7(17)15-8/h1-2,6,11,13H,3,12H2,(H2,14,15,16,17)/b4-1-,11-2?. The number of alkyl halides is 2. The Labute approximate surface area is 94.9 Å². The predicted octanol–water partition coefficient (Wildman–Crippen LogP) is -1.13. The summed E-state index contributed by atoms with van der Waals surface area (Å²) in [5, 5.41) is 12.6. The zero-order valence-corrected chi connectivity index (χ0v) is 8.59. The molecule has 9 heteroatoms.